The number of anilines is 1. The molecule has 1 fully saturated rings. The lowest BCUT2D eigenvalue weighted by molar-refractivity contribution is -0.00551. The molecule has 1 saturated heterocycles. The summed E-state index contributed by atoms with van der Waals surface area (Å²) in [6.45, 7) is 10.2. The quantitative estimate of drug-likeness (QED) is 0.572. The van der Waals surface area contributed by atoms with Crippen LogP contribution in [-0.2, 0) is 4.74 Å². The summed E-state index contributed by atoms with van der Waals surface area (Å²) in [6, 6.07) is 10.4. The average molecular weight is 390 g/mol. The molecule has 4 heterocycles. The summed E-state index contributed by atoms with van der Waals surface area (Å²) < 4.78 is 7.81. The van der Waals surface area contributed by atoms with Gasteiger partial charge in [0.2, 0.25) is 0 Å². The van der Waals surface area contributed by atoms with Crippen LogP contribution in [0.3, 0.4) is 0 Å². The normalized spacial score (nSPS) is 20.2. The van der Waals surface area contributed by atoms with Crippen molar-refractivity contribution in [3.05, 3.63) is 42.2 Å². The van der Waals surface area contributed by atoms with Crippen LogP contribution >= 0.6 is 0 Å². The van der Waals surface area contributed by atoms with Crippen LogP contribution in [-0.4, -0.2) is 50.1 Å². The Morgan fingerprint density at radius 1 is 1.10 bits per heavy atom. The van der Waals surface area contributed by atoms with Gasteiger partial charge in [-0.3, -0.25) is 5.10 Å². The molecule has 0 saturated carbocycles. The van der Waals surface area contributed by atoms with Crippen molar-refractivity contribution in [2.45, 2.75) is 45.8 Å². The summed E-state index contributed by atoms with van der Waals surface area (Å²) in [4.78, 5) is 6.86. The van der Waals surface area contributed by atoms with Gasteiger partial charge >= 0.3 is 0 Å². The largest absolute Gasteiger partial charge is 0.372 e. The Hall–Kier alpha value is -2.93. The number of rotatable bonds is 3. The molecular weight excluding hydrogens is 364 g/mol. The highest BCUT2D eigenvalue weighted by Gasteiger charge is 2.24. The number of aromatic nitrogens is 5. The second-order valence-corrected chi connectivity index (χ2v) is 8.29. The molecule has 1 aromatic carbocycles. The Kier molecular flexibility index (Phi) is 4.28. The fourth-order valence-corrected chi connectivity index (χ4v) is 4.23. The predicted octanol–water partition coefficient (Wildman–Crippen LogP) is 4.01. The highest BCUT2D eigenvalue weighted by Crippen LogP contribution is 2.29. The molecule has 1 aliphatic rings. The number of ether oxygens (including phenoxy) is 1. The highest BCUT2D eigenvalue weighted by molar-refractivity contribution is 5.86. The third kappa shape index (κ3) is 3.15. The van der Waals surface area contributed by atoms with E-state index >= 15 is 0 Å². The van der Waals surface area contributed by atoms with E-state index in [-0.39, 0.29) is 12.2 Å². The molecule has 7 heteroatoms. The number of nitrogens with zero attached hydrogens (tertiary/aromatic N) is 5. The first-order valence-electron chi connectivity index (χ1n) is 10.2. The topological polar surface area (TPSA) is 71.3 Å². The summed E-state index contributed by atoms with van der Waals surface area (Å²) in [7, 11) is 0. The highest BCUT2D eigenvalue weighted by atomic mass is 16.5. The number of fused-ring (bicyclic) bond motifs is 2. The van der Waals surface area contributed by atoms with Gasteiger partial charge in [0.15, 0.2) is 5.65 Å². The van der Waals surface area contributed by atoms with Crippen LogP contribution in [0.25, 0.3) is 27.8 Å². The molecule has 5 rings (SSSR count). The van der Waals surface area contributed by atoms with E-state index in [1.807, 2.05) is 22.8 Å². The van der Waals surface area contributed by atoms with Crippen molar-refractivity contribution in [3.63, 3.8) is 0 Å². The standard InChI is InChI=1S/C22H26N6O/c1-13(2)22-17-9-16(5-6-18(17)24-25-22)19-10-23-20-7-8-21(26-28(19)20)27-11-14(3)29-15(4)12-27/h5-10,13-15H,11-12H2,1-4H3,(H,24,25)/t14-,15-/m1/s1. The number of nitrogens with one attached hydrogen (secondary N) is 1. The van der Waals surface area contributed by atoms with E-state index in [1.54, 1.807) is 0 Å². The van der Waals surface area contributed by atoms with Crippen molar-refractivity contribution in [1.82, 2.24) is 24.8 Å². The Morgan fingerprint density at radius 2 is 1.90 bits per heavy atom. The molecule has 0 bridgehead atoms. The maximum absolute atomic E-state index is 5.87. The monoisotopic (exact) mass is 390 g/mol. The number of benzene rings is 1. The smallest absolute Gasteiger partial charge is 0.154 e. The summed E-state index contributed by atoms with van der Waals surface area (Å²) in [5, 5.41) is 13.7. The maximum Gasteiger partial charge on any atom is 0.154 e. The van der Waals surface area contributed by atoms with E-state index in [1.165, 1.54) is 0 Å². The van der Waals surface area contributed by atoms with Crippen LogP contribution < -0.4 is 4.90 Å². The number of hydrogen-bond acceptors (Lipinski definition) is 5. The van der Waals surface area contributed by atoms with Gasteiger partial charge in [-0.2, -0.15) is 5.10 Å². The van der Waals surface area contributed by atoms with Gasteiger partial charge in [-0.1, -0.05) is 19.9 Å². The fraction of sp³-hybridized carbons (Fsp3) is 0.409. The molecule has 1 aliphatic heterocycles. The molecule has 3 aromatic heterocycles. The fourth-order valence-electron chi connectivity index (χ4n) is 4.23. The first-order chi connectivity index (χ1) is 14.0. The van der Waals surface area contributed by atoms with Gasteiger partial charge in [0.1, 0.15) is 5.82 Å². The van der Waals surface area contributed by atoms with Gasteiger partial charge in [0.25, 0.3) is 0 Å². The lowest BCUT2D eigenvalue weighted by Crippen LogP contribution is -2.46. The minimum Gasteiger partial charge on any atom is -0.372 e. The minimum atomic E-state index is 0.191. The first-order valence-corrected chi connectivity index (χ1v) is 10.2. The van der Waals surface area contributed by atoms with Crippen molar-refractivity contribution in [1.29, 1.82) is 0 Å². The van der Waals surface area contributed by atoms with Gasteiger partial charge < -0.3 is 9.64 Å². The van der Waals surface area contributed by atoms with E-state index in [4.69, 9.17) is 9.84 Å². The van der Waals surface area contributed by atoms with Crippen LogP contribution in [0.4, 0.5) is 5.82 Å². The summed E-state index contributed by atoms with van der Waals surface area (Å²) in [6.07, 6.45) is 2.28. The van der Waals surface area contributed by atoms with E-state index in [0.717, 1.165) is 52.4 Å². The van der Waals surface area contributed by atoms with Crippen LogP contribution in [0, 0.1) is 0 Å². The zero-order valence-corrected chi connectivity index (χ0v) is 17.3. The van der Waals surface area contributed by atoms with Gasteiger partial charge in [0, 0.05) is 24.0 Å². The van der Waals surface area contributed by atoms with Gasteiger partial charge in [-0.05, 0) is 44.0 Å². The number of H-pyrrole nitrogens is 1. The summed E-state index contributed by atoms with van der Waals surface area (Å²) in [5.41, 5.74) is 5.04. The molecule has 1 N–H and O–H groups in total. The van der Waals surface area contributed by atoms with Crippen LogP contribution in [0.1, 0.15) is 39.3 Å². The zero-order valence-electron chi connectivity index (χ0n) is 17.3. The van der Waals surface area contributed by atoms with Crippen LogP contribution in [0.15, 0.2) is 36.5 Å². The molecular formula is C22H26N6O. The molecule has 0 aliphatic carbocycles. The van der Waals surface area contributed by atoms with E-state index < -0.39 is 0 Å². The second kappa shape index (κ2) is 6.84. The second-order valence-electron chi connectivity index (χ2n) is 8.29. The van der Waals surface area contributed by atoms with Crippen molar-refractivity contribution in [3.8, 4) is 11.3 Å². The molecule has 4 aromatic rings. The minimum absolute atomic E-state index is 0.191. The molecule has 0 amide bonds. The molecule has 0 spiro atoms. The van der Waals surface area contributed by atoms with Crippen molar-refractivity contribution < 1.29 is 4.74 Å². The van der Waals surface area contributed by atoms with Crippen LogP contribution in [0.5, 0.6) is 0 Å². The molecule has 0 radical (unpaired) electrons. The van der Waals surface area contributed by atoms with Gasteiger partial charge in [0.05, 0.1) is 35.3 Å². The lowest BCUT2D eigenvalue weighted by Gasteiger charge is -2.35. The third-order valence-corrected chi connectivity index (χ3v) is 5.53. The van der Waals surface area contributed by atoms with Crippen molar-refractivity contribution >= 4 is 22.4 Å². The summed E-state index contributed by atoms with van der Waals surface area (Å²) in [5.74, 6) is 1.31. The molecule has 150 valence electrons. The Balaban J connectivity index is 1.59. The average Bonchev–Trinajstić information content (AvgIpc) is 3.30. The molecule has 7 nitrogen and oxygen atoms in total. The SMILES string of the molecule is CC(C)c1n[nH]c2ccc(-c3cnc4ccc(N5C[C@@H](C)O[C@H](C)C5)nn34)cc12. The Morgan fingerprint density at radius 3 is 2.66 bits per heavy atom. The Labute approximate surface area is 169 Å². The lowest BCUT2D eigenvalue weighted by atomic mass is 10.0. The zero-order chi connectivity index (χ0) is 20.1. The third-order valence-electron chi connectivity index (χ3n) is 5.53. The maximum atomic E-state index is 5.87. The van der Waals surface area contributed by atoms with Crippen molar-refractivity contribution in [2.75, 3.05) is 18.0 Å². The molecule has 2 atom stereocenters. The van der Waals surface area contributed by atoms with E-state index in [2.05, 4.69) is 66.0 Å². The molecule has 29 heavy (non-hydrogen) atoms. The predicted molar refractivity (Wildman–Crippen MR) is 114 cm³/mol. The Bertz CT molecular complexity index is 1170. The first kappa shape index (κ1) is 18.1. The number of hydrogen-bond donors (Lipinski definition) is 1. The van der Waals surface area contributed by atoms with Gasteiger partial charge in [-0.15, -0.1) is 5.10 Å². The van der Waals surface area contributed by atoms with E-state index in [9.17, 15) is 0 Å². The number of morpholine rings is 1. The molecule has 0 unspecified atom stereocenters. The van der Waals surface area contributed by atoms with Crippen molar-refractivity contribution in [2.24, 2.45) is 0 Å². The summed E-state index contributed by atoms with van der Waals surface area (Å²) >= 11 is 0. The van der Waals surface area contributed by atoms with Crippen LogP contribution in [0.2, 0.25) is 0 Å². The van der Waals surface area contributed by atoms with E-state index in [0.29, 0.717) is 5.92 Å². The number of aromatic amines is 1. The number of imidazole rings is 1. The van der Waals surface area contributed by atoms with Gasteiger partial charge in [-0.25, -0.2) is 9.50 Å².